The second kappa shape index (κ2) is 8.93. The van der Waals surface area contributed by atoms with Gasteiger partial charge < -0.3 is 5.32 Å². The third-order valence-electron chi connectivity index (χ3n) is 3.82. The van der Waals surface area contributed by atoms with Gasteiger partial charge in [-0.25, -0.2) is 21.6 Å². The first kappa shape index (κ1) is 22.9. The van der Waals surface area contributed by atoms with Gasteiger partial charge in [0.2, 0.25) is 20.0 Å². The third-order valence-corrected chi connectivity index (χ3v) is 7.24. The summed E-state index contributed by atoms with van der Waals surface area (Å²) >= 11 is 0. The number of benzene rings is 2. The summed E-state index contributed by atoms with van der Waals surface area (Å²) in [5, 5.41) is 2.06. The highest BCUT2D eigenvalue weighted by molar-refractivity contribution is 7.93. The number of nitrogens with one attached hydrogen (secondary N) is 3. The molecule has 0 aliphatic heterocycles. The van der Waals surface area contributed by atoms with Crippen LogP contribution in [0.15, 0.2) is 53.4 Å². The van der Waals surface area contributed by atoms with Gasteiger partial charge in [-0.2, -0.15) is 0 Å². The molecule has 0 aliphatic rings. The number of carbonyl (C=O) groups is 1. The number of hydrogen-bond acceptors (Lipinski definition) is 5. The smallest absolute Gasteiger partial charge is 0.255 e. The first-order valence-corrected chi connectivity index (χ1v) is 12.0. The average Bonchev–Trinajstić information content (AvgIpc) is 2.61. The highest BCUT2D eigenvalue weighted by Crippen LogP contribution is 2.18. The molecule has 0 aromatic heterocycles. The highest BCUT2D eigenvalue weighted by atomic mass is 32.2. The van der Waals surface area contributed by atoms with Crippen LogP contribution in [0, 0.1) is 0 Å². The van der Waals surface area contributed by atoms with Gasteiger partial charge in [-0.1, -0.05) is 6.07 Å². The van der Waals surface area contributed by atoms with E-state index in [0.717, 1.165) is 0 Å². The summed E-state index contributed by atoms with van der Waals surface area (Å²) in [6, 6.07) is 11.6. The number of sulfonamides is 2. The maximum atomic E-state index is 12.4. The zero-order valence-electron chi connectivity index (χ0n) is 16.6. The second-order valence-corrected chi connectivity index (χ2v) is 11.0. The van der Waals surface area contributed by atoms with Crippen LogP contribution < -0.4 is 14.8 Å². The quantitative estimate of drug-likeness (QED) is 0.584. The van der Waals surface area contributed by atoms with E-state index in [9.17, 15) is 21.6 Å². The zero-order valence-corrected chi connectivity index (χ0v) is 18.3. The molecule has 2 rings (SSSR count). The lowest BCUT2D eigenvalue weighted by Gasteiger charge is -2.12. The molecule has 1 amide bonds. The van der Waals surface area contributed by atoms with E-state index in [4.69, 9.17) is 0 Å². The molecule has 2 aromatic carbocycles. The lowest BCUT2D eigenvalue weighted by Crippen LogP contribution is -2.30. The van der Waals surface area contributed by atoms with Crippen molar-refractivity contribution in [1.82, 2.24) is 4.72 Å². The van der Waals surface area contributed by atoms with Gasteiger partial charge in [-0.3, -0.25) is 9.52 Å². The molecular formula is C19H25N3O5S2. The van der Waals surface area contributed by atoms with Crippen molar-refractivity contribution in [3.05, 3.63) is 54.1 Å². The molecule has 0 heterocycles. The summed E-state index contributed by atoms with van der Waals surface area (Å²) in [7, 11) is -7.15. The molecule has 0 aliphatic carbocycles. The van der Waals surface area contributed by atoms with Crippen molar-refractivity contribution in [1.29, 1.82) is 0 Å². The van der Waals surface area contributed by atoms with E-state index in [2.05, 4.69) is 14.8 Å². The Morgan fingerprint density at radius 2 is 1.48 bits per heavy atom. The van der Waals surface area contributed by atoms with Crippen LogP contribution >= 0.6 is 0 Å². The predicted molar refractivity (Wildman–Crippen MR) is 114 cm³/mol. The number of carbonyl (C=O) groups excluding carboxylic acids is 1. The lowest BCUT2D eigenvalue weighted by atomic mass is 10.2. The minimum absolute atomic E-state index is 0.0439. The van der Waals surface area contributed by atoms with Crippen LogP contribution in [0.25, 0.3) is 0 Å². The Morgan fingerprint density at radius 3 is 2.03 bits per heavy atom. The van der Waals surface area contributed by atoms with Crippen LogP contribution in [0.2, 0.25) is 0 Å². The van der Waals surface area contributed by atoms with Crippen molar-refractivity contribution in [3.63, 3.8) is 0 Å². The zero-order chi connectivity index (χ0) is 21.8. The largest absolute Gasteiger partial charge is 0.322 e. The molecule has 0 saturated heterocycles. The van der Waals surface area contributed by atoms with Gasteiger partial charge in [0.05, 0.1) is 10.1 Å². The fraction of sp³-hybridized carbons (Fsp3) is 0.316. The average molecular weight is 440 g/mol. The third kappa shape index (κ3) is 6.28. The Labute approximate surface area is 171 Å². The van der Waals surface area contributed by atoms with Gasteiger partial charge in [-0.05, 0) is 70.2 Å². The summed E-state index contributed by atoms with van der Waals surface area (Å²) in [6.07, 6.45) is 0. The molecule has 0 atom stereocenters. The Bertz CT molecular complexity index is 1080. The molecule has 0 unspecified atom stereocenters. The van der Waals surface area contributed by atoms with Gasteiger partial charge >= 0.3 is 0 Å². The summed E-state index contributed by atoms with van der Waals surface area (Å²) in [4.78, 5) is 12.5. The molecule has 10 heteroatoms. The number of rotatable bonds is 8. The summed E-state index contributed by atoms with van der Waals surface area (Å²) in [5.41, 5.74) is 0.973. The maximum absolute atomic E-state index is 12.4. The van der Waals surface area contributed by atoms with Crippen molar-refractivity contribution in [2.75, 3.05) is 10.0 Å². The van der Waals surface area contributed by atoms with Crippen LogP contribution in [0.1, 0.15) is 38.1 Å². The van der Waals surface area contributed by atoms with Crippen LogP contribution in [-0.4, -0.2) is 34.0 Å². The second-order valence-electron chi connectivity index (χ2n) is 7.03. The Kier molecular flexibility index (Phi) is 7.04. The van der Waals surface area contributed by atoms with Gasteiger partial charge in [0, 0.05) is 23.0 Å². The van der Waals surface area contributed by atoms with Crippen LogP contribution in [0.4, 0.5) is 11.4 Å². The predicted octanol–water partition coefficient (Wildman–Crippen LogP) is 2.78. The Balaban J connectivity index is 2.14. The molecule has 3 N–H and O–H groups in total. The molecule has 0 radical (unpaired) electrons. The fourth-order valence-electron chi connectivity index (χ4n) is 2.29. The number of amides is 1. The normalized spacial score (nSPS) is 12.2. The van der Waals surface area contributed by atoms with Crippen LogP contribution in [0.3, 0.4) is 0 Å². The molecule has 0 spiro atoms. The summed E-state index contributed by atoms with van der Waals surface area (Å²) < 4.78 is 53.3. The minimum Gasteiger partial charge on any atom is -0.322 e. The van der Waals surface area contributed by atoms with Crippen molar-refractivity contribution < 1.29 is 21.6 Å². The Morgan fingerprint density at radius 1 is 0.862 bits per heavy atom. The van der Waals surface area contributed by atoms with Crippen molar-refractivity contribution in [2.24, 2.45) is 0 Å². The number of anilines is 2. The van der Waals surface area contributed by atoms with E-state index in [1.807, 2.05) is 0 Å². The van der Waals surface area contributed by atoms with Gasteiger partial charge in [-0.15, -0.1) is 0 Å². The van der Waals surface area contributed by atoms with Gasteiger partial charge in [0.25, 0.3) is 5.91 Å². The molecule has 0 bridgehead atoms. The highest BCUT2D eigenvalue weighted by Gasteiger charge is 2.17. The van der Waals surface area contributed by atoms with E-state index in [0.29, 0.717) is 16.9 Å². The van der Waals surface area contributed by atoms with E-state index >= 15 is 0 Å². The van der Waals surface area contributed by atoms with E-state index < -0.39 is 31.2 Å². The first-order valence-electron chi connectivity index (χ1n) is 8.96. The Hall–Kier alpha value is -2.43. The van der Waals surface area contributed by atoms with Crippen molar-refractivity contribution in [2.45, 2.75) is 43.9 Å². The molecule has 2 aromatic rings. The molecule has 8 nitrogen and oxygen atoms in total. The lowest BCUT2D eigenvalue weighted by molar-refractivity contribution is 0.102. The fourth-order valence-corrected chi connectivity index (χ4v) is 4.29. The standard InChI is InChI=1S/C19H25N3O5S2/c1-13(2)21-29(26,27)18-7-5-6-17(12-18)20-19(23)15-8-10-16(11-9-15)22-28(24,25)14(3)4/h5-14,21-22H,1-4H3,(H,20,23). The first-order chi connectivity index (χ1) is 13.4. The van der Waals surface area contributed by atoms with Crippen molar-refractivity contribution >= 4 is 37.3 Å². The maximum Gasteiger partial charge on any atom is 0.255 e. The molecule has 0 saturated carbocycles. The van der Waals surface area contributed by atoms with Crippen LogP contribution in [-0.2, 0) is 20.0 Å². The number of hydrogen-bond donors (Lipinski definition) is 3. The monoisotopic (exact) mass is 439 g/mol. The van der Waals surface area contributed by atoms with E-state index in [1.165, 1.54) is 42.5 Å². The molecular weight excluding hydrogens is 414 g/mol. The van der Waals surface area contributed by atoms with Gasteiger partial charge in [0.1, 0.15) is 0 Å². The van der Waals surface area contributed by atoms with E-state index in [1.54, 1.807) is 33.8 Å². The topological polar surface area (TPSA) is 121 Å². The van der Waals surface area contributed by atoms with Crippen LogP contribution in [0.5, 0.6) is 0 Å². The molecule has 0 fully saturated rings. The van der Waals surface area contributed by atoms with Gasteiger partial charge in [0.15, 0.2) is 0 Å². The minimum atomic E-state index is -3.68. The molecule has 29 heavy (non-hydrogen) atoms. The van der Waals surface area contributed by atoms with Crippen molar-refractivity contribution in [3.8, 4) is 0 Å². The van der Waals surface area contributed by atoms with E-state index in [-0.39, 0.29) is 10.9 Å². The SMILES string of the molecule is CC(C)NS(=O)(=O)c1cccc(NC(=O)c2ccc(NS(=O)(=O)C(C)C)cc2)c1. The summed E-state index contributed by atoms with van der Waals surface area (Å²) in [5.74, 6) is -0.449. The summed E-state index contributed by atoms with van der Waals surface area (Å²) in [6.45, 7) is 6.56. The molecule has 158 valence electrons.